The molecule has 2 aromatic rings. The van der Waals surface area contributed by atoms with Crippen molar-refractivity contribution in [1.29, 1.82) is 0 Å². The highest BCUT2D eigenvalue weighted by atomic mass is 16.5. The predicted molar refractivity (Wildman–Crippen MR) is 83.9 cm³/mol. The van der Waals surface area contributed by atoms with Crippen LogP contribution in [0.2, 0.25) is 0 Å². The zero-order valence-corrected chi connectivity index (χ0v) is 13.3. The topological polar surface area (TPSA) is 92.9 Å². The minimum absolute atomic E-state index is 0.0319. The number of aryl methyl sites for hydroxylation is 1. The first-order valence-corrected chi connectivity index (χ1v) is 7.76. The number of hydrogen-bond acceptors (Lipinski definition) is 5. The van der Waals surface area contributed by atoms with Crippen LogP contribution in [0.5, 0.6) is 0 Å². The average Bonchev–Trinajstić information content (AvgIpc) is 3.10. The standard InChI is InChI=1S/C17H18N2O5/c1-2-12-3-4-15(24-12)14-10-23-8-7-19(14)16(20)13-9-11(17(21)22)5-6-18-13/h3-6,9,14H,2,7-8,10H2,1H3,(H,21,22). The van der Waals surface area contributed by atoms with E-state index in [0.717, 1.165) is 12.2 Å². The van der Waals surface area contributed by atoms with E-state index in [4.69, 9.17) is 14.3 Å². The van der Waals surface area contributed by atoms with Crippen molar-refractivity contribution < 1.29 is 23.8 Å². The highest BCUT2D eigenvalue weighted by Crippen LogP contribution is 2.27. The van der Waals surface area contributed by atoms with Crippen molar-refractivity contribution in [3.63, 3.8) is 0 Å². The first-order chi connectivity index (χ1) is 11.6. The molecule has 0 radical (unpaired) electrons. The van der Waals surface area contributed by atoms with Crippen molar-refractivity contribution in [3.8, 4) is 0 Å². The Morgan fingerprint density at radius 3 is 2.92 bits per heavy atom. The molecule has 24 heavy (non-hydrogen) atoms. The van der Waals surface area contributed by atoms with Crippen LogP contribution in [0.4, 0.5) is 0 Å². The molecule has 1 aliphatic rings. The second-order valence-corrected chi connectivity index (χ2v) is 5.48. The van der Waals surface area contributed by atoms with Crippen LogP contribution in [0.3, 0.4) is 0 Å². The van der Waals surface area contributed by atoms with Crippen molar-refractivity contribution in [2.24, 2.45) is 0 Å². The fourth-order valence-corrected chi connectivity index (χ4v) is 2.67. The van der Waals surface area contributed by atoms with Crippen LogP contribution >= 0.6 is 0 Å². The highest BCUT2D eigenvalue weighted by molar-refractivity contribution is 5.96. The molecular weight excluding hydrogens is 312 g/mol. The number of morpholine rings is 1. The fraction of sp³-hybridized carbons (Fsp3) is 0.353. The van der Waals surface area contributed by atoms with Crippen LogP contribution in [-0.4, -0.2) is 46.6 Å². The van der Waals surface area contributed by atoms with Gasteiger partial charge >= 0.3 is 5.97 Å². The summed E-state index contributed by atoms with van der Waals surface area (Å²) in [6, 6.07) is 6.03. The summed E-state index contributed by atoms with van der Waals surface area (Å²) in [5.74, 6) is 0.0766. The number of aromatic carboxylic acids is 1. The third-order valence-corrected chi connectivity index (χ3v) is 3.97. The Morgan fingerprint density at radius 2 is 2.21 bits per heavy atom. The summed E-state index contributed by atoms with van der Waals surface area (Å²) in [6.07, 6.45) is 2.10. The molecule has 0 aliphatic carbocycles. The van der Waals surface area contributed by atoms with E-state index in [1.54, 1.807) is 4.90 Å². The molecule has 3 rings (SSSR count). The van der Waals surface area contributed by atoms with Crippen LogP contribution in [0, 0.1) is 0 Å². The van der Waals surface area contributed by atoms with E-state index in [-0.39, 0.29) is 23.2 Å². The molecule has 1 aliphatic heterocycles. The fourth-order valence-electron chi connectivity index (χ4n) is 2.67. The third-order valence-electron chi connectivity index (χ3n) is 3.97. The molecule has 0 aromatic carbocycles. The molecule has 0 bridgehead atoms. The van der Waals surface area contributed by atoms with E-state index in [2.05, 4.69) is 4.98 Å². The van der Waals surface area contributed by atoms with E-state index in [1.807, 2.05) is 19.1 Å². The van der Waals surface area contributed by atoms with Crippen LogP contribution < -0.4 is 0 Å². The summed E-state index contributed by atoms with van der Waals surface area (Å²) in [5, 5.41) is 9.07. The van der Waals surface area contributed by atoms with Crippen LogP contribution in [0.25, 0.3) is 0 Å². The minimum Gasteiger partial charge on any atom is -0.478 e. The van der Waals surface area contributed by atoms with Gasteiger partial charge in [-0.15, -0.1) is 0 Å². The highest BCUT2D eigenvalue weighted by Gasteiger charge is 2.32. The smallest absolute Gasteiger partial charge is 0.335 e. The lowest BCUT2D eigenvalue weighted by Gasteiger charge is -2.34. The number of carbonyl (C=O) groups is 2. The summed E-state index contributed by atoms with van der Waals surface area (Å²) in [4.78, 5) is 29.5. The van der Waals surface area contributed by atoms with E-state index in [9.17, 15) is 9.59 Å². The average molecular weight is 330 g/mol. The van der Waals surface area contributed by atoms with Gasteiger partial charge in [0.2, 0.25) is 0 Å². The molecule has 2 aromatic heterocycles. The number of aromatic nitrogens is 1. The Hall–Kier alpha value is -2.67. The molecule has 3 heterocycles. The number of ether oxygens (including phenoxy) is 1. The monoisotopic (exact) mass is 330 g/mol. The Balaban J connectivity index is 1.88. The summed E-state index contributed by atoms with van der Waals surface area (Å²) in [6.45, 7) is 3.14. The van der Waals surface area contributed by atoms with E-state index >= 15 is 0 Å². The molecule has 0 spiro atoms. The Labute approximate surface area is 138 Å². The molecule has 1 fully saturated rings. The molecule has 1 amide bonds. The number of carboxylic acid groups (broad SMARTS) is 1. The quantitative estimate of drug-likeness (QED) is 0.923. The van der Waals surface area contributed by atoms with Gasteiger partial charge in [-0.05, 0) is 24.3 Å². The van der Waals surface area contributed by atoms with Crippen molar-refractivity contribution >= 4 is 11.9 Å². The van der Waals surface area contributed by atoms with Crippen molar-refractivity contribution in [3.05, 3.63) is 53.2 Å². The second-order valence-electron chi connectivity index (χ2n) is 5.48. The summed E-state index contributed by atoms with van der Waals surface area (Å²) < 4.78 is 11.3. The molecule has 1 unspecified atom stereocenters. The lowest BCUT2D eigenvalue weighted by atomic mass is 10.1. The SMILES string of the molecule is CCc1ccc(C2COCCN2C(=O)c2cc(C(=O)O)ccn2)o1. The molecule has 1 saturated heterocycles. The van der Waals surface area contributed by atoms with Gasteiger partial charge in [0.25, 0.3) is 5.91 Å². The number of hydrogen-bond donors (Lipinski definition) is 1. The first-order valence-electron chi connectivity index (χ1n) is 7.76. The predicted octanol–water partition coefficient (Wildman–Crippen LogP) is 2.15. The lowest BCUT2D eigenvalue weighted by molar-refractivity contribution is -0.00931. The largest absolute Gasteiger partial charge is 0.478 e. The van der Waals surface area contributed by atoms with Gasteiger partial charge in [-0.25, -0.2) is 4.79 Å². The van der Waals surface area contributed by atoms with E-state index in [1.165, 1.54) is 18.3 Å². The molecule has 126 valence electrons. The van der Waals surface area contributed by atoms with Gasteiger partial charge in [-0.2, -0.15) is 0 Å². The first kappa shape index (κ1) is 16.2. The van der Waals surface area contributed by atoms with Crippen molar-refractivity contribution in [2.45, 2.75) is 19.4 Å². The van der Waals surface area contributed by atoms with Gasteiger partial charge in [0, 0.05) is 19.2 Å². The summed E-state index contributed by atoms with van der Waals surface area (Å²) in [7, 11) is 0. The molecule has 0 saturated carbocycles. The van der Waals surface area contributed by atoms with Gasteiger partial charge in [0.1, 0.15) is 23.3 Å². The molecule has 7 heteroatoms. The molecular formula is C17H18N2O5. The zero-order valence-electron chi connectivity index (χ0n) is 13.3. The van der Waals surface area contributed by atoms with Crippen LogP contribution in [0.15, 0.2) is 34.9 Å². The number of nitrogens with zero attached hydrogens (tertiary/aromatic N) is 2. The maximum Gasteiger partial charge on any atom is 0.335 e. The minimum atomic E-state index is -1.09. The summed E-state index contributed by atoms with van der Waals surface area (Å²) >= 11 is 0. The summed E-state index contributed by atoms with van der Waals surface area (Å²) in [5.41, 5.74) is 0.133. The molecule has 1 atom stereocenters. The number of furan rings is 1. The van der Waals surface area contributed by atoms with Gasteiger partial charge in [0.05, 0.1) is 18.8 Å². The lowest BCUT2D eigenvalue weighted by Crippen LogP contribution is -2.43. The number of rotatable bonds is 4. The maximum absolute atomic E-state index is 12.8. The second kappa shape index (κ2) is 6.84. The Bertz CT molecular complexity index is 755. The van der Waals surface area contributed by atoms with Crippen molar-refractivity contribution in [1.82, 2.24) is 9.88 Å². The number of carbonyl (C=O) groups excluding carboxylic acids is 1. The normalized spacial score (nSPS) is 17.7. The van der Waals surface area contributed by atoms with Gasteiger partial charge in [0.15, 0.2) is 0 Å². The molecule has 7 nitrogen and oxygen atoms in total. The number of pyridine rings is 1. The van der Waals surface area contributed by atoms with Crippen LogP contribution in [0.1, 0.15) is 45.3 Å². The molecule has 1 N–H and O–H groups in total. The van der Waals surface area contributed by atoms with Crippen LogP contribution in [-0.2, 0) is 11.2 Å². The maximum atomic E-state index is 12.8. The third kappa shape index (κ3) is 3.16. The van der Waals surface area contributed by atoms with Gasteiger partial charge < -0.3 is 19.2 Å². The Kier molecular flexibility index (Phi) is 4.61. The number of carboxylic acids is 1. The van der Waals surface area contributed by atoms with E-state index < -0.39 is 5.97 Å². The van der Waals surface area contributed by atoms with Gasteiger partial charge in [-0.1, -0.05) is 6.92 Å². The van der Waals surface area contributed by atoms with Gasteiger partial charge in [-0.3, -0.25) is 9.78 Å². The Morgan fingerprint density at radius 1 is 1.38 bits per heavy atom. The number of amides is 1. The van der Waals surface area contributed by atoms with Crippen molar-refractivity contribution in [2.75, 3.05) is 19.8 Å². The van der Waals surface area contributed by atoms with E-state index in [0.29, 0.717) is 25.5 Å². The zero-order chi connectivity index (χ0) is 17.1.